The van der Waals surface area contributed by atoms with Gasteiger partial charge < -0.3 is 19.9 Å². The van der Waals surface area contributed by atoms with Crippen LogP contribution in [0.4, 0.5) is 0 Å². The first-order valence-corrected chi connectivity index (χ1v) is 8.56. The van der Waals surface area contributed by atoms with Gasteiger partial charge in [0.05, 0.1) is 20.1 Å². The molecule has 1 aromatic rings. The Labute approximate surface area is 147 Å². The minimum absolute atomic E-state index is 0.716. The number of likely N-dealkylation sites (tertiary alicyclic amines) is 1. The number of carboxylic acids is 2. The third kappa shape index (κ3) is 7.15. The quantitative estimate of drug-likeness (QED) is 0.608. The Morgan fingerprint density at radius 2 is 1.83 bits per heavy atom. The molecule has 1 aliphatic rings. The highest BCUT2D eigenvalue weighted by Crippen LogP contribution is 2.29. The van der Waals surface area contributed by atoms with Gasteiger partial charge in [-0.15, -0.1) is 11.6 Å². The van der Waals surface area contributed by atoms with Gasteiger partial charge in [0.25, 0.3) is 0 Å². The molecule has 5 nitrogen and oxygen atoms in total. The second-order valence-electron chi connectivity index (χ2n) is 5.83. The smallest absolute Gasteiger partial charge is 0.351 e. The van der Waals surface area contributed by atoms with Crippen LogP contribution in [0.3, 0.4) is 0 Å². The van der Waals surface area contributed by atoms with Gasteiger partial charge in [0.15, 0.2) is 5.97 Å². The molecule has 0 atom stereocenters. The lowest BCUT2D eigenvalue weighted by atomic mass is 9.84. The number of hydrogen-bond donors (Lipinski definition) is 2. The molecule has 132 valence electrons. The molecule has 24 heavy (non-hydrogen) atoms. The van der Waals surface area contributed by atoms with Crippen molar-refractivity contribution in [2.45, 2.75) is 19.3 Å². The van der Waals surface area contributed by atoms with E-state index in [0.717, 1.165) is 12.3 Å². The van der Waals surface area contributed by atoms with Crippen molar-refractivity contribution in [1.29, 1.82) is 0 Å². The van der Waals surface area contributed by atoms with E-state index >= 15 is 0 Å². The summed E-state index contributed by atoms with van der Waals surface area (Å²) in [5.74, 6) is -2.57. The van der Waals surface area contributed by atoms with Crippen molar-refractivity contribution in [3.8, 4) is 0 Å². The SMILES string of the molecule is C[NH+]1CCC(/C(=C\CCCl)c2ccccc2)CC1.O=C([O-])C(=O)O. The number of carboxylic acid groups (broad SMARTS) is 2. The number of rotatable bonds is 4. The van der Waals surface area contributed by atoms with E-state index in [4.69, 9.17) is 31.4 Å². The molecule has 1 aliphatic heterocycles. The molecule has 1 saturated heterocycles. The number of quaternary nitrogens is 1. The highest BCUT2D eigenvalue weighted by Gasteiger charge is 2.23. The Bertz CT molecular complexity index is 539. The van der Waals surface area contributed by atoms with E-state index < -0.39 is 11.9 Å². The van der Waals surface area contributed by atoms with Crippen LogP contribution < -0.4 is 10.0 Å². The predicted molar refractivity (Wildman–Crippen MR) is 91.7 cm³/mol. The van der Waals surface area contributed by atoms with Crippen LogP contribution in [0, 0.1) is 5.92 Å². The van der Waals surface area contributed by atoms with Crippen LogP contribution in [0.2, 0.25) is 0 Å². The second-order valence-corrected chi connectivity index (χ2v) is 6.21. The average Bonchev–Trinajstić information content (AvgIpc) is 2.58. The lowest BCUT2D eigenvalue weighted by molar-refractivity contribution is -0.885. The molecule has 0 amide bonds. The maximum Gasteiger partial charge on any atom is 0.351 e. The van der Waals surface area contributed by atoms with Crippen LogP contribution in [0.5, 0.6) is 0 Å². The highest BCUT2D eigenvalue weighted by atomic mass is 35.5. The summed E-state index contributed by atoms with van der Waals surface area (Å²) in [6.07, 6.45) is 5.93. The zero-order valence-corrected chi connectivity index (χ0v) is 14.6. The van der Waals surface area contributed by atoms with Crippen molar-refractivity contribution in [3.05, 3.63) is 42.0 Å². The average molecular weight is 354 g/mol. The molecule has 1 fully saturated rings. The predicted octanol–water partition coefficient (Wildman–Crippen LogP) is 0.445. The molecule has 1 aromatic carbocycles. The van der Waals surface area contributed by atoms with Gasteiger partial charge >= 0.3 is 5.97 Å². The summed E-state index contributed by atoms with van der Waals surface area (Å²) in [6, 6.07) is 10.8. The van der Waals surface area contributed by atoms with Crippen molar-refractivity contribution in [2.75, 3.05) is 26.0 Å². The normalized spacial score (nSPS) is 20.7. The van der Waals surface area contributed by atoms with Gasteiger partial charge in [-0.3, -0.25) is 0 Å². The molecular weight excluding hydrogens is 330 g/mol. The van der Waals surface area contributed by atoms with E-state index in [0.29, 0.717) is 5.88 Å². The molecule has 0 saturated carbocycles. The number of carbonyl (C=O) groups is 2. The number of alkyl halides is 1. The number of allylic oxidation sites excluding steroid dienone is 2. The van der Waals surface area contributed by atoms with Gasteiger partial charge in [0.1, 0.15) is 0 Å². The Morgan fingerprint density at radius 1 is 1.29 bits per heavy atom. The molecule has 0 radical (unpaired) electrons. The maximum atomic E-state index is 9.04. The summed E-state index contributed by atoms with van der Waals surface area (Å²) >= 11 is 5.85. The Hall–Kier alpha value is -1.85. The van der Waals surface area contributed by atoms with E-state index in [1.165, 1.54) is 37.1 Å². The molecule has 1 heterocycles. The maximum absolute atomic E-state index is 9.04. The highest BCUT2D eigenvalue weighted by molar-refractivity contribution is 6.26. The van der Waals surface area contributed by atoms with Crippen LogP contribution in [0.1, 0.15) is 24.8 Å². The van der Waals surface area contributed by atoms with Crippen LogP contribution in [0.25, 0.3) is 5.57 Å². The zero-order valence-electron chi connectivity index (χ0n) is 13.8. The summed E-state index contributed by atoms with van der Waals surface area (Å²) in [5, 5.41) is 16.3. The van der Waals surface area contributed by atoms with Crippen molar-refractivity contribution in [3.63, 3.8) is 0 Å². The third-order valence-corrected chi connectivity index (χ3v) is 4.25. The molecule has 0 unspecified atom stereocenters. The minimum Gasteiger partial charge on any atom is -0.539 e. The van der Waals surface area contributed by atoms with Gasteiger partial charge in [0, 0.05) is 18.7 Å². The molecule has 6 heteroatoms. The van der Waals surface area contributed by atoms with Crippen molar-refractivity contribution >= 4 is 29.1 Å². The van der Waals surface area contributed by atoms with E-state index in [-0.39, 0.29) is 0 Å². The van der Waals surface area contributed by atoms with E-state index in [2.05, 4.69) is 43.5 Å². The number of carbonyl (C=O) groups excluding carboxylic acids is 1. The number of hydrogen-bond acceptors (Lipinski definition) is 3. The number of benzene rings is 1. The summed E-state index contributed by atoms with van der Waals surface area (Å²) in [6.45, 7) is 2.57. The standard InChI is InChI=1S/C16H22ClN.C2H2O4/c1-18-12-9-15(10-13-18)16(8-5-11-17)14-6-3-2-4-7-14;3-1(4)2(5)6/h2-4,6-8,15H,5,9-13H2,1H3;(H,3,4)(H,5,6)/b16-8-;. The Kier molecular flexibility index (Phi) is 9.12. The van der Waals surface area contributed by atoms with Crippen molar-refractivity contribution in [1.82, 2.24) is 0 Å². The van der Waals surface area contributed by atoms with Gasteiger partial charge in [-0.2, -0.15) is 0 Å². The summed E-state index contributed by atoms with van der Waals surface area (Å²) in [4.78, 5) is 19.7. The van der Waals surface area contributed by atoms with E-state index in [1.54, 1.807) is 4.90 Å². The van der Waals surface area contributed by atoms with Gasteiger partial charge in [-0.25, -0.2) is 4.79 Å². The van der Waals surface area contributed by atoms with Gasteiger partial charge in [0.2, 0.25) is 0 Å². The van der Waals surface area contributed by atoms with Gasteiger partial charge in [-0.05, 0) is 23.5 Å². The molecule has 2 rings (SSSR count). The Balaban J connectivity index is 0.000000413. The second kappa shape index (κ2) is 10.8. The monoisotopic (exact) mass is 353 g/mol. The Morgan fingerprint density at radius 3 is 2.29 bits per heavy atom. The zero-order chi connectivity index (χ0) is 17.9. The summed E-state index contributed by atoms with van der Waals surface area (Å²) in [5.41, 5.74) is 2.90. The molecule has 0 aliphatic carbocycles. The van der Waals surface area contributed by atoms with E-state index in [1.807, 2.05) is 0 Å². The van der Waals surface area contributed by atoms with Crippen LogP contribution >= 0.6 is 11.6 Å². The van der Waals surface area contributed by atoms with E-state index in [9.17, 15) is 0 Å². The first kappa shape index (κ1) is 20.2. The number of nitrogens with one attached hydrogen (secondary N) is 1. The summed E-state index contributed by atoms with van der Waals surface area (Å²) in [7, 11) is 2.29. The first-order valence-electron chi connectivity index (χ1n) is 8.02. The first-order chi connectivity index (χ1) is 11.5. The summed E-state index contributed by atoms with van der Waals surface area (Å²) < 4.78 is 0. The van der Waals surface area contributed by atoms with Crippen molar-refractivity contribution in [2.24, 2.45) is 5.92 Å². The fourth-order valence-corrected chi connectivity index (χ4v) is 2.89. The number of piperidine rings is 1. The van der Waals surface area contributed by atoms with Crippen LogP contribution in [0.15, 0.2) is 36.4 Å². The fraction of sp³-hybridized carbons (Fsp3) is 0.444. The van der Waals surface area contributed by atoms with Gasteiger partial charge in [-0.1, -0.05) is 36.4 Å². The topological polar surface area (TPSA) is 81.9 Å². The molecule has 0 aromatic heterocycles. The van der Waals surface area contributed by atoms with Crippen LogP contribution in [-0.4, -0.2) is 43.1 Å². The molecular formula is C18H24ClNO4. The largest absolute Gasteiger partial charge is 0.539 e. The molecule has 0 bridgehead atoms. The number of aliphatic carboxylic acids is 2. The molecule has 0 spiro atoms. The lowest BCUT2D eigenvalue weighted by Crippen LogP contribution is -3.10. The third-order valence-electron chi connectivity index (χ3n) is 4.03. The molecule has 2 N–H and O–H groups in total. The minimum atomic E-state index is -2.07. The fourth-order valence-electron chi connectivity index (χ4n) is 2.78. The van der Waals surface area contributed by atoms with Crippen molar-refractivity contribution < 1.29 is 24.7 Å². The lowest BCUT2D eigenvalue weighted by Gasteiger charge is -2.28. The van der Waals surface area contributed by atoms with Crippen LogP contribution in [-0.2, 0) is 9.59 Å². The number of halogens is 1.